The zero-order chi connectivity index (χ0) is 19.4. The second kappa shape index (κ2) is 8.18. The minimum atomic E-state index is -0.376. The Bertz CT molecular complexity index is 966. The van der Waals surface area contributed by atoms with E-state index in [1.807, 2.05) is 36.6 Å². The fourth-order valence-corrected chi connectivity index (χ4v) is 3.56. The Morgan fingerprint density at radius 3 is 2.41 bits per heavy atom. The Labute approximate surface area is 161 Å². The van der Waals surface area contributed by atoms with Gasteiger partial charge in [-0.15, -0.1) is 0 Å². The summed E-state index contributed by atoms with van der Waals surface area (Å²) in [4.78, 5) is 32.5. The molecule has 2 aromatic heterocycles. The number of carbonyl (C=O) groups excluding carboxylic acids is 2. The van der Waals surface area contributed by atoms with Gasteiger partial charge in [-0.1, -0.05) is 11.8 Å². The molecule has 0 atom stereocenters. The zero-order valence-electron chi connectivity index (χ0n) is 15.3. The van der Waals surface area contributed by atoms with E-state index in [9.17, 15) is 9.59 Å². The van der Waals surface area contributed by atoms with E-state index in [4.69, 9.17) is 4.74 Å². The molecule has 27 heavy (non-hydrogen) atoms. The van der Waals surface area contributed by atoms with Gasteiger partial charge in [-0.2, -0.15) is 0 Å². The molecule has 0 radical (unpaired) electrons. The van der Waals surface area contributed by atoms with Gasteiger partial charge in [0.2, 0.25) is 0 Å². The minimum absolute atomic E-state index is 0.0259. The molecule has 0 unspecified atom stereocenters. The molecule has 0 aliphatic carbocycles. The van der Waals surface area contributed by atoms with E-state index >= 15 is 0 Å². The molecule has 138 valence electrons. The number of carbonyl (C=O) groups is 2. The van der Waals surface area contributed by atoms with Crippen LogP contribution in [0.3, 0.4) is 0 Å². The number of esters is 1. The quantitative estimate of drug-likeness (QED) is 0.281. The van der Waals surface area contributed by atoms with Crippen molar-refractivity contribution >= 4 is 23.5 Å². The van der Waals surface area contributed by atoms with Gasteiger partial charge in [-0.05, 0) is 50.2 Å². The highest BCUT2D eigenvalue weighted by Gasteiger charge is 2.17. The maximum atomic E-state index is 12.7. The molecule has 7 heteroatoms. The van der Waals surface area contributed by atoms with Gasteiger partial charge >= 0.3 is 5.97 Å². The summed E-state index contributed by atoms with van der Waals surface area (Å²) >= 11 is 1.32. The van der Waals surface area contributed by atoms with Crippen LogP contribution in [0.25, 0.3) is 5.69 Å². The summed E-state index contributed by atoms with van der Waals surface area (Å²) in [5.41, 5.74) is 3.85. The molecule has 0 aliphatic heterocycles. The predicted molar refractivity (Wildman–Crippen MR) is 104 cm³/mol. The Morgan fingerprint density at radius 2 is 1.78 bits per heavy atom. The van der Waals surface area contributed by atoms with E-state index in [1.165, 1.54) is 18.9 Å². The van der Waals surface area contributed by atoms with Crippen LogP contribution in [0.2, 0.25) is 0 Å². The fourth-order valence-electron chi connectivity index (χ4n) is 2.87. The lowest BCUT2D eigenvalue weighted by Gasteiger charge is -2.10. The highest BCUT2D eigenvalue weighted by atomic mass is 32.2. The molecule has 0 saturated carbocycles. The number of ether oxygens (including phenoxy) is 1. The fraction of sp³-hybridized carbons (Fsp3) is 0.200. The maximum absolute atomic E-state index is 12.7. The number of aromatic nitrogens is 3. The van der Waals surface area contributed by atoms with E-state index in [0.29, 0.717) is 16.3 Å². The van der Waals surface area contributed by atoms with Crippen molar-refractivity contribution in [2.45, 2.75) is 19.0 Å². The van der Waals surface area contributed by atoms with E-state index in [1.54, 1.807) is 30.6 Å². The normalized spacial score (nSPS) is 10.6. The Balaban J connectivity index is 1.82. The van der Waals surface area contributed by atoms with Crippen LogP contribution in [0.4, 0.5) is 0 Å². The average molecular weight is 381 g/mol. The lowest BCUT2D eigenvalue weighted by molar-refractivity contribution is 0.0600. The molecular weight excluding hydrogens is 362 g/mol. The summed E-state index contributed by atoms with van der Waals surface area (Å²) in [5.74, 6) is -0.0771. The number of aryl methyl sites for hydroxylation is 1. The molecule has 0 bridgehead atoms. The third-order valence-electron chi connectivity index (χ3n) is 4.15. The molecule has 3 aromatic rings. The number of thioether (sulfide) groups is 1. The van der Waals surface area contributed by atoms with Gasteiger partial charge in [0, 0.05) is 35.0 Å². The number of Topliss-reactive ketones (excluding diaryl/α,β-unsaturated/α-hetero) is 1. The standard InChI is InChI=1S/C20H19N3O3S/c1-13-11-17(18(24)12-27-20-21-9-4-10-22-20)14(2)23(13)16-7-5-15(6-8-16)19(25)26-3/h4-11H,12H2,1-3H3. The number of nitrogens with zero attached hydrogens (tertiary/aromatic N) is 3. The Kier molecular flexibility index (Phi) is 5.71. The third-order valence-corrected chi connectivity index (χ3v) is 5.03. The number of hydrogen-bond acceptors (Lipinski definition) is 6. The zero-order valence-corrected chi connectivity index (χ0v) is 16.1. The summed E-state index contributed by atoms with van der Waals surface area (Å²) in [6.45, 7) is 3.86. The molecule has 0 fully saturated rings. The molecule has 6 nitrogen and oxygen atoms in total. The van der Waals surface area contributed by atoms with Crippen LogP contribution in [0.1, 0.15) is 32.1 Å². The maximum Gasteiger partial charge on any atom is 0.337 e. The highest BCUT2D eigenvalue weighted by molar-refractivity contribution is 7.99. The van der Waals surface area contributed by atoms with Crippen molar-refractivity contribution in [3.05, 3.63) is 71.3 Å². The molecule has 0 amide bonds. The Hall–Kier alpha value is -2.93. The SMILES string of the molecule is COC(=O)c1ccc(-n2c(C)cc(C(=O)CSc3ncccn3)c2C)cc1. The first-order valence-corrected chi connectivity index (χ1v) is 9.30. The first kappa shape index (κ1) is 18.8. The summed E-state index contributed by atoms with van der Waals surface area (Å²) in [6.07, 6.45) is 3.31. The van der Waals surface area contributed by atoms with Gasteiger partial charge in [0.1, 0.15) is 0 Å². The van der Waals surface area contributed by atoms with Gasteiger partial charge in [0.25, 0.3) is 0 Å². The number of hydrogen-bond donors (Lipinski definition) is 0. The molecule has 2 heterocycles. The molecule has 0 spiro atoms. The minimum Gasteiger partial charge on any atom is -0.465 e. The summed E-state index contributed by atoms with van der Waals surface area (Å²) < 4.78 is 6.72. The molecule has 3 rings (SSSR count). The van der Waals surface area contributed by atoms with Crippen LogP contribution in [0, 0.1) is 13.8 Å². The number of rotatable bonds is 6. The molecule has 0 aliphatic rings. The van der Waals surface area contributed by atoms with E-state index < -0.39 is 0 Å². The lowest BCUT2D eigenvalue weighted by Crippen LogP contribution is -2.06. The van der Waals surface area contributed by atoms with Gasteiger partial charge in [0.05, 0.1) is 18.4 Å². The topological polar surface area (TPSA) is 74.1 Å². The monoisotopic (exact) mass is 381 g/mol. The van der Waals surface area contributed by atoms with Crippen LogP contribution < -0.4 is 0 Å². The van der Waals surface area contributed by atoms with Gasteiger partial charge < -0.3 is 9.30 Å². The van der Waals surface area contributed by atoms with Gasteiger partial charge in [-0.25, -0.2) is 14.8 Å². The summed E-state index contributed by atoms with van der Waals surface area (Å²) in [7, 11) is 1.35. The second-order valence-electron chi connectivity index (χ2n) is 5.90. The molecule has 0 saturated heterocycles. The van der Waals surface area contributed by atoms with E-state index in [2.05, 4.69) is 9.97 Å². The van der Waals surface area contributed by atoms with Crippen molar-refractivity contribution in [2.75, 3.05) is 12.9 Å². The van der Waals surface area contributed by atoms with E-state index in [-0.39, 0.29) is 17.5 Å². The van der Waals surface area contributed by atoms with Crippen molar-refractivity contribution in [1.29, 1.82) is 0 Å². The second-order valence-corrected chi connectivity index (χ2v) is 6.84. The van der Waals surface area contributed by atoms with Crippen molar-refractivity contribution in [3.63, 3.8) is 0 Å². The molecule has 1 aromatic carbocycles. The predicted octanol–water partition coefficient (Wildman–Crippen LogP) is 3.65. The van der Waals surface area contributed by atoms with Gasteiger partial charge in [-0.3, -0.25) is 4.79 Å². The number of benzene rings is 1. The number of ketones is 1. The van der Waals surface area contributed by atoms with Crippen LogP contribution in [0.5, 0.6) is 0 Å². The summed E-state index contributed by atoms with van der Waals surface area (Å²) in [6, 6.07) is 10.7. The van der Waals surface area contributed by atoms with E-state index in [0.717, 1.165) is 17.1 Å². The van der Waals surface area contributed by atoms with Crippen molar-refractivity contribution in [3.8, 4) is 5.69 Å². The third kappa shape index (κ3) is 4.09. The highest BCUT2D eigenvalue weighted by Crippen LogP contribution is 2.23. The summed E-state index contributed by atoms with van der Waals surface area (Å²) in [5, 5.41) is 0.582. The molecule has 0 N–H and O–H groups in total. The Morgan fingerprint density at radius 1 is 1.11 bits per heavy atom. The van der Waals surface area contributed by atoms with Crippen LogP contribution in [0.15, 0.2) is 53.9 Å². The van der Waals surface area contributed by atoms with Crippen LogP contribution >= 0.6 is 11.8 Å². The van der Waals surface area contributed by atoms with Crippen molar-refractivity contribution < 1.29 is 14.3 Å². The van der Waals surface area contributed by atoms with Crippen molar-refractivity contribution in [2.24, 2.45) is 0 Å². The first-order valence-electron chi connectivity index (χ1n) is 8.32. The molecular formula is C20H19N3O3S. The van der Waals surface area contributed by atoms with Crippen molar-refractivity contribution in [1.82, 2.24) is 14.5 Å². The first-order chi connectivity index (χ1) is 13.0. The largest absolute Gasteiger partial charge is 0.465 e. The smallest absolute Gasteiger partial charge is 0.337 e. The lowest BCUT2D eigenvalue weighted by atomic mass is 10.2. The number of methoxy groups -OCH3 is 1. The van der Waals surface area contributed by atoms with Crippen LogP contribution in [-0.4, -0.2) is 39.2 Å². The van der Waals surface area contributed by atoms with Crippen LogP contribution in [-0.2, 0) is 4.74 Å². The average Bonchev–Trinajstić information content (AvgIpc) is 3.00. The van der Waals surface area contributed by atoms with Gasteiger partial charge in [0.15, 0.2) is 10.9 Å².